The Hall–Kier alpha value is -1.09. The van der Waals surface area contributed by atoms with Gasteiger partial charge in [0.1, 0.15) is 6.10 Å². The third kappa shape index (κ3) is 7.21. The molecular formula is C17H29IN4O2. The van der Waals surface area contributed by atoms with Crippen molar-refractivity contribution in [3.8, 4) is 5.88 Å². The minimum atomic E-state index is 0. The van der Waals surface area contributed by atoms with Crippen molar-refractivity contribution in [1.82, 2.24) is 15.6 Å². The highest BCUT2D eigenvalue weighted by atomic mass is 127. The van der Waals surface area contributed by atoms with E-state index in [4.69, 9.17) is 9.47 Å². The van der Waals surface area contributed by atoms with Gasteiger partial charge < -0.3 is 20.1 Å². The Kier molecular flexibility index (Phi) is 10.0. The van der Waals surface area contributed by atoms with Gasteiger partial charge in [0, 0.05) is 39.0 Å². The largest absolute Gasteiger partial charge is 0.474 e. The van der Waals surface area contributed by atoms with Crippen molar-refractivity contribution in [2.45, 2.75) is 51.3 Å². The van der Waals surface area contributed by atoms with Crippen molar-refractivity contribution in [3.63, 3.8) is 0 Å². The molecule has 1 aliphatic carbocycles. The number of halogens is 1. The third-order valence-electron chi connectivity index (χ3n) is 3.87. The van der Waals surface area contributed by atoms with Crippen LogP contribution < -0.4 is 15.4 Å². The second kappa shape index (κ2) is 11.5. The van der Waals surface area contributed by atoms with Crippen LogP contribution in [0.1, 0.15) is 38.2 Å². The number of nitrogens with zero attached hydrogens (tertiary/aromatic N) is 2. The minimum Gasteiger partial charge on any atom is -0.474 e. The molecule has 1 saturated carbocycles. The Morgan fingerprint density at radius 3 is 2.83 bits per heavy atom. The molecule has 2 rings (SSSR count). The first-order chi connectivity index (χ1) is 11.2. The Labute approximate surface area is 161 Å². The molecule has 2 N–H and O–H groups in total. The molecule has 7 heteroatoms. The molecule has 0 bridgehead atoms. The number of pyridine rings is 1. The van der Waals surface area contributed by atoms with Gasteiger partial charge >= 0.3 is 0 Å². The molecule has 0 spiro atoms. The molecule has 6 nitrogen and oxygen atoms in total. The monoisotopic (exact) mass is 448 g/mol. The molecule has 0 amide bonds. The van der Waals surface area contributed by atoms with Crippen molar-refractivity contribution in [2.24, 2.45) is 4.99 Å². The molecule has 1 aromatic rings. The van der Waals surface area contributed by atoms with Crippen molar-refractivity contribution < 1.29 is 9.47 Å². The summed E-state index contributed by atoms with van der Waals surface area (Å²) < 4.78 is 11.1. The smallest absolute Gasteiger partial charge is 0.213 e. The van der Waals surface area contributed by atoms with Gasteiger partial charge in [0.05, 0.1) is 6.61 Å². The van der Waals surface area contributed by atoms with Crippen LogP contribution in [0.25, 0.3) is 0 Å². The normalized spacial score (nSPS) is 16.4. The number of rotatable bonds is 7. The molecule has 136 valence electrons. The van der Waals surface area contributed by atoms with E-state index < -0.39 is 0 Å². The highest BCUT2D eigenvalue weighted by Gasteiger charge is 2.17. The molecule has 24 heavy (non-hydrogen) atoms. The quantitative estimate of drug-likeness (QED) is 0.382. The maximum absolute atomic E-state index is 5.94. The fourth-order valence-electron chi connectivity index (χ4n) is 2.71. The number of nitrogens with one attached hydrogen (secondary N) is 2. The molecule has 1 aromatic heterocycles. The zero-order valence-electron chi connectivity index (χ0n) is 14.7. The number of aliphatic imine (C=N–C) groups is 1. The van der Waals surface area contributed by atoms with E-state index in [-0.39, 0.29) is 30.0 Å². The summed E-state index contributed by atoms with van der Waals surface area (Å²) in [6.45, 7) is 3.36. The van der Waals surface area contributed by atoms with Crippen molar-refractivity contribution in [3.05, 3.63) is 23.9 Å². The lowest BCUT2D eigenvalue weighted by Crippen LogP contribution is -2.43. The predicted molar refractivity (Wildman–Crippen MR) is 107 cm³/mol. The van der Waals surface area contributed by atoms with Crippen LogP contribution in [-0.4, -0.2) is 43.9 Å². The van der Waals surface area contributed by atoms with Crippen LogP contribution in [0.5, 0.6) is 5.88 Å². The van der Waals surface area contributed by atoms with Crippen molar-refractivity contribution in [1.29, 1.82) is 0 Å². The fourth-order valence-corrected chi connectivity index (χ4v) is 2.71. The molecule has 1 fully saturated rings. The summed E-state index contributed by atoms with van der Waals surface area (Å²) in [7, 11) is 3.45. The van der Waals surface area contributed by atoms with Crippen LogP contribution in [0.15, 0.2) is 23.3 Å². The molecule has 1 heterocycles. The lowest BCUT2D eigenvalue weighted by Gasteiger charge is -2.17. The summed E-state index contributed by atoms with van der Waals surface area (Å²) in [6, 6.07) is 4.18. The minimum absolute atomic E-state index is 0. The predicted octanol–water partition coefficient (Wildman–Crippen LogP) is 2.72. The highest BCUT2D eigenvalue weighted by Crippen LogP contribution is 2.23. The van der Waals surface area contributed by atoms with E-state index in [1.807, 2.05) is 12.1 Å². The Bertz CT molecular complexity index is 507. The van der Waals surface area contributed by atoms with Gasteiger partial charge in [-0.3, -0.25) is 4.99 Å². The second-order valence-electron chi connectivity index (χ2n) is 5.95. The number of guanidine groups is 1. The van der Waals surface area contributed by atoms with Gasteiger partial charge in [0.25, 0.3) is 0 Å². The summed E-state index contributed by atoms with van der Waals surface area (Å²) in [6.07, 6.45) is 6.91. The van der Waals surface area contributed by atoms with E-state index in [1.54, 1.807) is 20.4 Å². The topological polar surface area (TPSA) is 67.8 Å². The maximum atomic E-state index is 5.94. The summed E-state index contributed by atoms with van der Waals surface area (Å²) in [5, 5.41) is 6.57. The van der Waals surface area contributed by atoms with Crippen LogP contribution >= 0.6 is 24.0 Å². The molecule has 1 aliphatic rings. The Balaban J connectivity index is 0.00000288. The van der Waals surface area contributed by atoms with Gasteiger partial charge in [-0.05, 0) is 44.2 Å². The number of hydrogen-bond donors (Lipinski definition) is 2. The molecule has 0 radical (unpaired) electrons. The Morgan fingerprint density at radius 1 is 1.42 bits per heavy atom. The van der Waals surface area contributed by atoms with Crippen LogP contribution in [0.2, 0.25) is 0 Å². The zero-order valence-corrected chi connectivity index (χ0v) is 17.1. The number of methoxy groups -OCH3 is 1. The van der Waals surface area contributed by atoms with E-state index in [1.165, 1.54) is 12.8 Å². The SMILES string of the molecule is CN=C(NCc1ccnc(OC2CCCC2)c1)NC(C)COC.I. The highest BCUT2D eigenvalue weighted by molar-refractivity contribution is 14.0. The maximum Gasteiger partial charge on any atom is 0.213 e. The molecule has 1 atom stereocenters. The van der Waals surface area contributed by atoms with E-state index >= 15 is 0 Å². The summed E-state index contributed by atoms with van der Waals surface area (Å²) in [5.74, 6) is 1.47. The lowest BCUT2D eigenvalue weighted by molar-refractivity contribution is 0.179. The average molecular weight is 448 g/mol. The fraction of sp³-hybridized carbons (Fsp3) is 0.647. The molecule has 0 saturated heterocycles. The van der Waals surface area contributed by atoms with Crippen LogP contribution in [0, 0.1) is 0 Å². The van der Waals surface area contributed by atoms with Gasteiger partial charge in [0.2, 0.25) is 5.88 Å². The lowest BCUT2D eigenvalue weighted by atomic mass is 10.2. The van der Waals surface area contributed by atoms with E-state index in [0.29, 0.717) is 25.1 Å². The molecular weight excluding hydrogens is 419 g/mol. The van der Waals surface area contributed by atoms with Crippen molar-refractivity contribution in [2.75, 3.05) is 20.8 Å². The molecule has 0 aromatic carbocycles. The second-order valence-corrected chi connectivity index (χ2v) is 5.95. The Morgan fingerprint density at radius 2 is 2.17 bits per heavy atom. The summed E-state index contributed by atoms with van der Waals surface area (Å²) in [4.78, 5) is 8.53. The summed E-state index contributed by atoms with van der Waals surface area (Å²) >= 11 is 0. The van der Waals surface area contributed by atoms with Crippen molar-refractivity contribution >= 4 is 29.9 Å². The van der Waals surface area contributed by atoms with Gasteiger partial charge in [-0.25, -0.2) is 4.98 Å². The van der Waals surface area contributed by atoms with Gasteiger partial charge in [-0.1, -0.05) is 0 Å². The van der Waals surface area contributed by atoms with Gasteiger partial charge in [-0.15, -0.1) is 24.0 Å². The average Bonchev–Trinajstić information content (AvgIpc) is 3.05. The van der Waals surface area contributed by atoms with E-state index in [9.17, 15) is 0 Å². The van der Waals surface area contributed by atoms with Crippen LogP contribution in [0.4, 0.5) is 0 Å². The number of ether oxygens (including phenoxy) is 2. The zero-order chi connectivity index (χ0) is 16.5. The first kappa shape index (κ1) is 21.0. The third-order valence-corrected chi connectivity index (χ3v) is 3.87. The number of aromatic nitrogens is 1. The first-order valence-electron chi connectivity index (χ1n) is 8.29. The first-order valence-corrected chi connectivity index (χ1v) is 8.29. The van der Waals surface area contributed by atoms with E-state index in [0.717, 1.165) is 24.4 Å². The number of hydrogen-bond acceptors (Lipinski definition) is 4. The van der Waals surface area contributed by atoms with Crippen LogP contribution in [0.3, 0.4) is 0 Å². The molecule has 0 aliphatic heterocycles. The van der Waals surface area contributed by atoms with Crippen LogP contribution in [-0.2, 0) is 11.3 Å². The van der Waals surface area contributed by atoms with Gasteiger partial charge in [-0.2, -0.15) is 0 Å². The molecule has 1 unspecified atom stereocenters. The summed E-state index contributed by atoms with van der Waals surface area (Å²) in [5.41, 5.74) is 1.12. The standard InChI is InChI=1S/C17H28N4O2.HI/c1-13(12-22-3)21-17(18-2)20-11-14-8-9-19-16(10-14)23-15-6-4-5-7-15;/h8-10,13,15H,4-7,11-12H2,1-3H3,(H2,18,20,21);1H. The van der Waals surface area contributed by atoms with Gasteiger partial charge in [0.15, 0.2) is 5.96 Å². The van der Waals surface area contributed by atoms with E-state index in [2.05, 4.69) is 27.5 Å².